The van der Waals surface area contributed by atoms with Crippen LogP contribution in [0.1, 0.15) is 17.2 Å². The van der Waals surface area contributed by atoms with Crippen LogP contribution in [0.5, 0.6) is 5.75 Å². The molecular formula is C14H10Br2F2O2. The van der Waals surface area contributed by atoms with Gasteiger partial charge in [-0.3, -0.25) is 0 Å². The topological polar surface area (TPSA) is 29.5 Å². The van der Waals surface area contributed by atoms with Crippen molar-refractivity contribution in [1.82, 2.24) is 0 Å². The first kappa shape index (κ1) is 15.4. The van der Waals surface area contributed by atoms with E-state index in [1.165, 1.54) is 13.2 Å². The lowest BCUT2D eigenvalue weighted by Gasteiger charge is -2.15. The molecule has 2 rings (SSSR count). The van der Waals surface area contributed by atoms with Crippen LogP contribution in [0.4, 0.5) is 8.78 Å². The molecule has 0 aliphatic heterocycles. The van der Waals surface area contributed by atoms with Gasteiger partial charge in [-0.05, 0) is 61.7 Å². The van der Waals surface area contributed by atoms with E-state index in [2.05, 4.69) is 31.9 Å². The third kappa shape index (κ3) is 2.87. The van der Waals surface area contributed by atoms with Gasteiger partial charge in [-0.1, -0.05) is 6.07 Å². The van der Waals surface area contributed by atoms with Crippen LogP contribution in [0.25, 0.3) is 0 Å². The highest BCUT2D eigenvalue weighted by Crippen LogP contribution is 2.34. The van der Waals surface area contributed by atoms with Crippen LogP contribution >= 0.6 is 31.9 Å². The van der Waals surface area contributed by atoms with Crippen molar-refractivity contribution in [3.8, 4) is 5.75 Å². The van der Waals surface area contributed by atoms with Gasteiger partial charge in [0, 0.05) is 0 Å². The van der Waals surface area contributed by atoms with Crippen molar-refractivity contribution in [1.29, 1.82) is 0 Å². The second kappa shape index (κ2) is 6.20. The summed E-state index contributed by atoms with van der Waals surface area (Å²) in [6, 6.07) is 7.07. The summed E-state index contributed by atoms with van der Waals surface area (Å²) in [6.07, 6.45) is -1.41. The van der Waals surface area contributed by atoms with Crippen molar-refractivity contribution in [3.05, 3.63) is 62.0 Å². The second-order valence-corrected chi connectivity index (χ2v) is 5.76. The normalized spacial score (nSPS) is 12.3. The largest absolute Gasteiger partial charge is 0.496 e. The molecule has 1 N–H and O–H groups in total. The molecule has 106 valence electrons. The van der Waals surface area contributed by atoms with Gasteiger partial charge in [-0.15, -0.1) is 0 Å². The third-order valence-electron chi connectivity index (χ3n) is 2.84. The van der Waals surface area contributed by atoms with Crippen molar-refractivity contribution in [3.63, 3.8) is 0 Å². The van der Waals surface area contributed by atoms with Crippen LogP contribution in [0, 0.1) is 11.6 Å². The minimum Gasteiger partial charge on any atom is -0.496 e. The van der Waals surface area contributed by atoms with E-state index in [0.29, 0.717) is 15.8 Å². The van der Waals surface area contributed by atoms with Gasteiger partial charge in [0.2, 0.25) is 0 Å². The van der Waals surface area contributed by atoms with Crippen molar-refractivity contribution in [2.75, 3.05) is 7.11 Å². The molecule has 20 heavy (non-hydrogen) atoms. The van der Waals surface area contributed by atoms with Gasteiger partial charge in [-0.2, -0.15) is 0 Å². The molecule has 6 heteroatoms. The summed E-state index contributed by atoms with van der Waals surface area (Å²) >= 11 is 6.24. The lowest BCUT2D eigenvalue weighted by molar-refractivity contribution is 0.208. The maximum Gasteiger partial charge on any atom is 0.146 e. The molecule has 0 spiro atoms. The fourth-order valence-electron chi connectivity index (χ4n) is 1.81. The number of hydrogen-bond acceptors (Lipinski definition) is 2. The molecule has 0 aliphatic rings. The summed E-state index contributed by atoms with van der Waals surface area (Å²) in [7, 11) is 1.50. The zero-order chi connectivity index (χ0) is 14.9. The molecule has 0 heterocycles. The highest BCUT2D eigenvalue weighted by atomic mass is 79.9. The molecule has 0 radical (unpaired) electrons. The number of methoxy groups -OCH3 is 1. The average Bonchev–Trinajstić information content (AvgIpc) is 2.43. The smallest absolute Gasteiger partial charge is 0.146 e. The number of halogens is 4. The lowest BCUT2D eigenvalue weighted by atomic mass is 10.0. The Hall–Kier alpha value is -0.980. The summed E-state index contributed by atoms with van der Waals surface area (Å²) in [6.45, 7) is 0. The van der Waals surface area contributed by atoms with Gasteiger partial charge in [0.15, 0.2) is 0 Å². The summed E-state index contributed by atoms with van der Waals surface area (Å²) in [5.41, 5.74) is -0.0370. The number of aliphatic hydroxyl groups is 1. The molecule has 2 nitrogen and oxygen atoms in total. The Labute approximate surface area is 131 Å². The van der Waals surface area contributed by atoms with Crippen LogP contribution < -0.4 is 4.74 Å². The number of ether oxygens (including phenoxy) is 1. The van der Waals surface area contributed by atoms with Crippen LogP contribution in [0.15, 0.2) is 39.3 Å². The Balaban J connectivity index is 2.49. The monoisotopic (exact) mass is 406 g/mol. The Morgan fingerprint density at radius 1 is 1.10 bits per heavy atom. The fourth-order valence-corrected chi connectivity index (χ4v) is 2.72. The third-order valence-corrected chi connectivity index (χ3v) is 4.08. The molecule has 0 amide bonds. The molecule has 0 saturated carbocycles. The van der Waals surface area contributed by atoms with Gasteiger partial charge < -0.3 is 9.84 Å². The van der Waals surface area contributed by atoms with Crippen molar-refractivity contribution < 1.29 is 18.6 Å². The van der Waals surface area contributed by atoms with E-state index >= 15 is 0 Å². The number of hydrogen-bond donors (Lipinski definition) is 1. The van der Waals surface area contributed by atoms with Gasteiger partial charge in [0.05, 0.1) is 21.6 Å². The summed E-state index contributed by atoms with van der Waals surface area (Å²) in [4.78, 5) is 0. The van der Waals surface area contributed by atoms with Crippen LogP contribution in [-0.2, 0) is 0 Å². The van der Waals surface area contributed by atoms with E-state index in [1.54, 1.807) is 18.2 Å². The van der Waals surface area contributed by atoms with Crippen molar-refractivity contribution >= 4 is 31.9 Å². The molecule has 2 aromatic carbocycles. The van der Waals surface area contributed by atoms with E-state index in [4.69, 9.17) is 4.74 Å². The highest BCUT2D eigenvalue weighted by molar-refractivity contribution is 9.10. The summed E-state index contributed by atoms with van der Waals surface area (Å²) in [5.74, 6) is -1.05. The number of aliphatic hydroxyl groups excluding tert-OH is 1. The zero-order valence-corrected chi connectivity index (χ0v) is 13.5. The first-order valence-corrected chi connectivity index (χ1v) is 7.19. The molecular weight excluding hydrogens is 398 g/mol. The van der Waals surface area contributed by atoms with Crippen LogP contribution in [0.2, 0.25) is 0 Å². The van der Waals surface area contributed by atoms with Crippen LogP contribution in [0.3, 0.4) is 0 Å². The van der Waals surface area contributed by atoms with Gasteiger partial charge in [0.1, 0.15) is 23.5 Å². The van der Waals surface area contributed by atoms with E-state index in [9.17, 15) is 13.9 Å². The fraction of sp³-hybridized carbons (Fsp3) is 0.143. The minimum absolute atomic E-state index is 0.0977. The molecule has 0 aromatic heterocycles. The van der Waals surface area contributed by atoms with E-state index in [1.807, 2.05) is 0 Å². The standard InChI is InChI=1S/C14H10Br2F2O2/c1-20-11-5-2-7(6-9(11)16)14(19)12-10(17)4-3-8(15)13(12)18/h2-6,14,19H,1H3. The van der Waals surface area contributed by atoms with E-state index in [-0.39, 0.29) is 4.47 Å². The Bertz CT molecular complexity index is 647. The van der Waals surface area contributed by atoms with Gasteiger partial charge >= 0.3 is 0 Å². The maximum absolute atomic E-state index is 14.0. The van der Waals surface area contributed by atoms with E-state index in [0.717, 1.165) is 6.07 Å². The van der Waals surface area contributed by atoms with Crippen LogP contribution in [-0.4, -0.2) is 12.2 Å². The Morgan fingerprint density at radius 3 is 2.40 bits per heavy atom. The van der Waals surface area contributed by atoms with Gasteiger partial charge in [0.25, 0.3) is 0 Å². The average molecular weight is 408 g/mol. The molecule has 2 aromatic rings. The number of rotatable bonds is 3. The predicted molar refractivity (Wildman–Crippen MR) is 78.8 cm³/mol. The Kier molecular flexibility index (Phi) is 4.78. The Morgan fingerprint density at radius 2 is 1.80 bits per heavy atom. The van der Waals surface area contributed by atoms with Crippen molar-refractivity contribution in [2.45, 2.75) is 6.10 Å². The first-order valence-electron chi connectivity index (χ1n) is 5.60. The predicted octanol–water partition coefficient (Wildman–Crippen LogP) is 4.58. The zero-order valence-electron chi connectivity index (χ0n) is 10.3. The summed E-state index contributed by atoms with van der Waals surface area (Å²) in [5, 5.41) is 10.2. The van der Waals surface area contributed by atoms with Gasteiger partial charge in [-0.25, -0.2) is 8.78 Å². The maximum atomic E-state index is 14.0. The first-order chi connectivity index (χ1) is 9.45. The van der Waals surface area contributed by atoms with E-state index < -0.39 is 23.3 Å². The molecule has 1 unspecified atom stereocenters. The molecule has 0 fully saturated rings. The van der Waals surface area contributed by atoms with Crippen molar-refractivity contribution in [2.24, 2.45) is 0 Å². The summed E-state index contributed by atoms with van der Waals surface area (Å²) < 4.78 is 33.5. The molecule has 1 atom stereocenters. The lowest BCUT2D eigenvalue weighted by Crippen LogP contribution is -2.06. The quantitative estimate of drug-likeness (QED) is 0.754. The molecule has 0 bridgehead atoms. The number of benzene rings is 2. The molecule has 0 aliphatic carbocycles. The highest BCUT2D eigenvalue weighted by Gasteiger charge is 2.22. The second-order valence-electron chi connectivity index (χ2n) is 4.05. The SMILES string of the molecule is COc1ccc(C(O)c2c(F)ccc(Br)c2F)cc1Br. The minimum atomic E-state index is -1.41. The molecule has 0 saturated heterocycles.